The molecule has 0 aliphatic carbocycles. The second-order valence-electron chi connectivity index (χ2n) is 5.19. The van der Waals surface area contributed by atoms with Gasteiger partial charge < -0.3 is 4.18 Å². The summed E-state index contributed by atoms with van der Waals surface area (Å²) in [5, 5.41) is 10.6. The lowest BCUT2D eigenvalue weighted by atomic mass is 10.1. The molecule has 4 nitrogen and oxygen atoms in total. The van der Waals surface area contributed by atoms with Crippen molar-refractivity contribution in [2.45, 2.75) is 11.8 Å². The molecular weight excluding hydrogens is 310 g/mol. The van der Waals surface area contributed by atoms with Crippen molar-refractivity contribution < 1.29 is 12.6 Å². The first kappa shape index (κ1) is 15.1. The highest BCUT2D eigenvalue weighted by molar-refractivity contribution is 7.87. The molecule has 114 valence electrons. The first-order chi connectivity index (χ1) is 11.0. The summed E-state index contributed by atoms with van der Waals surface area (Å²) in [6.45, 7) is 1.89. The van der Waals surface area contributed by atoms with Crippen LogP contribution in [0.25, 0.3) is 10.8 Å². The fraction of sp³-hybridized carbons (Fsp3) is 0.0556. The van der Waals surface area contributed by atoms with E-state index < -0.39 is 10.1 Å². The highest BCUT2D eigenvalue weighted by Gasteiger charge is 2.16. The lowest BCUT2D eigenvalue weighted by molar-refractivity contribution is 0.486. The minimum atomic E-state index is -3.86. The Morgan fingerprint density at radius 1 is 0.913 bits per heavy atom. The topological polar surface area (TPSA) is 67.2 Å². The zero-order chi connectivity index (χ0) is 16.4. The van der Waals surface area contributed by atoms with Gasteiger partial charge in [0.15, 0.2) is 0 Å². The van der Waals surface area contributed by atoms with Crippen LogP contribution in [0.3, 0.4) is 0 Å². The number of hydrogen-bond donors (Lipinski definition) is 0. The van der Waals surface area contributed by atoms with E-state index in [2.05, 4.69) is 6.07 Å². The van der Waals surface area contributed by atoms with Gasteiger partial charge in [-0.2, -0.15) is 13.7 Å². The van der Waals surface area contributed by atoms with Gasteiger partial charge in [0.25, 0.3) is 0 Å². The molecule has 0 aromatic heterocycles. The average molecular weight is 323 g/mol. The van der Waals surface area contributed by atoms with Crippen LogP contribution in [-0.2, 0) is 10.1 Å². The molecule has 5 heteroatoms. The van der Waals surface area contributed by atoms with Crippen molar-refractivity contribution in [2.24, 2.45) is 0 Å². The predicted octanol–water partition coefficient (Wildman–Crippen LogP) is 3.79. The molecule has 0 amide bonds. The second-order valence-corrected chi connectivity index (χ2v) is 6.73. The van der Waals surface area contributed by atoms with E-state index in [-0.39, 0.29) is 10.6 Å². The van der Waals surface area contributed by atoms with Gasteiger partial charge in [-0.1, -0.05) is 29.8 Å². The van der Waals surface area contributed by atoms with Crippen LogP contribution in [0.5, 0.6) is 5.75 Å². The van der Waals surface area contributed by atoms with Crippen LogP contribution in [0, 0.1) is 18.3 Å². The normalized spacial score (nSPS) is 11.1. The lowest BCUT2D eigenvalue weighted by Crippen LogP contribution is -2.09. The number of benzene rings is 3. The Hall–Kier alpha value is -2.84. The van der Waals surface area contributed by atoms with E-state index >= 15 is 0 Å². The number of aryl methyl sites for hydroxylation is 1. The highest BCUT2D eigenvalue weighted by atomic mass is 32.2. The van der Waals surface area contributed by atoms with Crippen molar-refractivity contribution in [1.82, 2.24) is 0 Å². The summed E-state index contributed by atoms with van der Waals surface area (Å²) in [4.78, 5) is 0.114. The van der Waals surface area contributed by atoms with Gasteiger partial charge >= 0.3 is 10.1 Å². The van der Waals surface area contributed by atoms with E-state index in [1.54, 1.807) is 48.5 Å². The molecule has 3 aromatic rings. The number of fused-ring (bicyclic) bond motifs is 1. The summed E-state index contributed by atoms with van der Waals surface area (Å²) in [5.74, 6) is 0.239. The minimum absolute atomic E-state index is 0.114. The van der Waals surface area contributed by atoms with Crippen molar-refractivity contribution in [2.75, 3.05) is 0 Å². The Kier molecular flexibility index (Phi) is 3.77. The maximum Gasteiger partial charge on any atom is 0.339 e. The van der Waals surface area contributed by atoms with Crippen molar-refractivity contribution >= 4 is 20.9 Å². The summed E-state index contributed by atoms with van der Waals surface area (Å²) in [6.07, 6.45) is 0. The second kappa shape index (κ2) is 5.75. The molecule has 3 rings (SSSR count). The van der Waals surface area contributed by atoms with Gasteiger partial charge in [0, 0.05) is 0 Å². The number of hydrogen-bond acceptors (Lipinski definition) is 4. The van der Waals surface area contributed by atoms with Crippen LogP contribution in [0.1, 0.15) is 11.1 Å². The van der Waals surface area contributed by atoms with E-state index in [0.29, 0.717) is 5.56 Å². The number of rotatable bonds is 3. The van der Waals surface area contributed by atoms with Crippen LogP contribution in [0.15, 0.2) is 65.6 Å². The quantitative estimate of drug-likeness (QED) is 0.688. The van der Waals surface area contributed by atoms with E-state index in [4.69, 9.17) is 9.44 Å². The Morgan fingerprint density at radius 2 is 1.57 bits per heavy atom. The molecule has 0 aliphatic heterocycles. The summed E-state index contributed by atoms with van der Waals surface area (Å²) >= 11 is 0. The maximum atomic E-state index is 12.3. The van der Waals surface area contributed by atoms with Gasteiger partial charge in [0.2, 0.25) is 0 Å². The fourth-order valence-corrected chi connectivity index (χ4v) is 3.15. The highest BCUT2D eigenvalue weighted by Crippen LogP contribution is 2.25. The first-order valence-corrected chi connectivity index (χ1v) is 8.34. The maximum absolute atomic E-state index is 12.3. The van der Waals surface area contributed by atoms with Crippen molar-refractivity contribution in [3.63, 3.8) is 0 Å². The number of nitriles is 1. The third kappa shape index (κ3) is 3.17. The molecule has 0 heterocycles. The van der Waals surface area contributed by atoms with Gasteiger partial charge in [-0.05, 0) is 54.1 Å². The SMILES string of the molecule is Cc1ccc(S(=O)(=O)Oc2ccc3cc(C#N)ccc3c2)cc1. The molecular formula is C18H13NO3S. The van der Waals surface area contributed by atoms with Gasteiger partial charge in [-0.15, -0.1) is 0 Å². The predicted molar refractivity (Wildman–Crippen MR) is 87.7 cm³/mol. The zero-order valence-electron chi connectivity index (χ0n) is 12.4. The third-order valence-electron chi connectivity index (χ3n) is 3.46. The average Bonchev–Trinajstić information content (AvgIpc) is 2.54. The molecule has 0 N–H and O–H groups in total. The molecule has 0 saturated heterocycles. The van der Waals surface area contributed by atoms with Crippen LogP contribution >= 0.6 is 0 Å². The van der Waals surface area contributed by atoms with Crippen molar-refractivity contribution in [3.05, 3.63) is 71.8 Å². The molecule has 0 radical (unpaired) electrons. The summed E-state index contributed by atoms with van der Waals surface area (Å²) < 4.78 is 29.8. The van der Waals surface area contributed by atoms with Crippen LogP contribution in [0.2, 0.25) is 0 Å². The molecule has 0 aliphatic rings. The lowest BCUT2D eigenvalue weighted by Gasteiger charge is -2.08. The largest absolute Gasteiger partial charge is 0.379 e. The monoisotopic (exact) mass is 323 g/mol. The molecule has 23 heavy (non-hydrogen) atoms. The Balaban J connectivity index is 1.94. The number of nitrogens with zero attached hydrogens (tertiary/aromatic N) is 1. The molecule has 0 unspecified atom stereocenters. The Morgan fingerprint density at radius 3 is 2.26 bits per heavy atom. The van der Waals surface area contributed by atoms with Gasteiger partial charge in [-0.25, -0.2) is 0 Å². The standard InChI is InChI=1S/C18H13NO3S/c1-13-2-8-18(9-3-13)23(20,21)22-17-7-6-15-10-14(12-19)4-5-16(15)11-17/h2-11H,1H3. The minimum Gasteiger partial charge on any atom is -0.379 e. The molecule has 0 atom stereocenters. The van der Waals surface area contributed by atoms with Crippen molar-refractivity contribution in [3.8, 4) is 11.8 Å². The van der Waals surface area contributed by atoms with Gasteiger partial charge in [0.05, 0.1) is 11.6 Å². The van der Waals surface area contributed by atoms with Crippen LogP contribution < -0.4 is 4.18 Å². The molecule has 0 spiro atoms. The van der Waals surface area contributed by atoms with Crippen LogP contribution in [0.4, 0.5) is 0 Å². The van der Waals surface area contributed by atoms with E-state index in [1.807, 2.05) is 6.92 Å². The van der Waals surface area contributed by atoms with Crippen LogP contribution in [-0.4, -0.2) is 8.42 Å². The first-order valence-electron chi connectivity index (χ1n) is 6.93. The summed E-state index contributed by atoms with van der Waals surface area (Å²) in [6, 6.07) is 18.7. The zero-order valence-corrected chi connectivity index (χ0v) is 13.2. The van der Waals surface area contributed by atoms with E-state index in [9.17, 15) is 8.42 Å². The third-order valence-corrected chi connectivity index (χ3v) is 4.72. The van der Waals surface area contributed by atoms with Gasteiger partial charge in [0.1, 0.15) is 10.6 Å². The van der Waals surface area contributed by atoms with Crippen molar-refractivity contribution in [1.29, 1.82) is 5.26 Å². The Bertz CT molecular complexity index is 1020. The Labute approximate surface area is 134 Å². The summed E-state index contributed by atoms with van der Waals surface area (Å²) in [5.41, 5.74) is 1.53. The molecule has 3 aromatic carbocycles. The summed E-state index contributed by atoms with van der Waals surface area (Å²) in [7, 11) is -3.86. The molecule has 0 fully saturated rings. The smallest absolute Gasteiger partial charge is 0.339 e. The van der Waals surface area contributed by atoms with Gasteiger partial charge in [-0.3, -0.25) is 0 Å². The molecule has 0 saturated carbocycles. The molecule has 0 bridgehead atoms. The fourth-order valence-electron chi connectivity index (χ4n) is 2.22. The van der Waals surface area contributed by atoms with E-state index in [0.717, 1.165) is 16.3 Å². The van der Waals surface area contributed by atoms with E-state index in [1.165, 1.54) is 12.1 Å².